The molecule has 2 aromatic carbocycles. The van der Waals surface area contributed by atoms with Gasteiger partial charge in [0.2, 0.25) is 5.91 Å². The second kappa shape index (κ2) is 22.9. The molecule has 0 spiro atoms. The summed E-state index contributed by atoms with van der Waals surface area (Å²) in [6.45, 7) is 14.0. The number of carbonyl (C=O) groups excluding carboxylic acids is 4. The first-order valence-electron chi connectivity index (χ1n) is 27.8. The number of methoxy groups -OCH3 is 1. The second-order valence-corrected chi connectivity index (χ2v) is 23.9. The summed E-state index contributed by atoms with van der Waals surface area (Å²) in [5, 5.41) is 7.82. The van der Waals surface area contributed by atoms with Gasteiger partial charge in [-0.05, 0) is 106 Å². The minimum absolute atomic E-state index is 0.0804. The quantitative estimate of drug-likeness (QED) is 0.142. The fourth-order valence-electron chi connectivity index (χ4n) is 12.8. The lowest BCUT2D eigenvalue weighted by Crippen LogP contribution is -2.62. The SMILES string of the molecule is CCn1c(-c2cc(N3CCN(C)CC3)cnc2[C@H](C)OC)c2c3cc(ccc31)C1=CS[C@H](C[C@H](NC(=O)[C@H](C3CCCC3)N(C)C(=O)[C@@H]3OCC[C@@H]3c3ccccc3)C(=O)N3CCC[C@H](N3)C(=O)OCC(C)(C)C2)N1C. The lowest BCUT2D eigenvalue weighted by atomic mass is 9.84. The summed E-state index contributed by atoms with van der Waals surface area (Å²) >= 11 is 1.63. The zero-order valence-corrected chi connectivity index (χ0v) is 46.7. The lowest BCUT2D eigenvalue weighted by molar-refractivity contribution is -0.155. The van der Waals surface area contributed by atoms with Crippen LogP contribution in [0, 0.1) is 11.3 Å². The first-order chi connectivity index (χ1) is 36.6. The number of thioether (sulfide) groups is 1. The summed E-state index contributed by atoms with van der Waals surface area (Å²) in [6.07, 6.45) is 7.17. The predicted molar refractivity (Wildman–Crippen MR) is 298 cm³/mol. The fraction of sp³-hybridized carbons (Fsp3) is 0.576. The maximum absolute atomic E-state index is 15.1. The molecule has 4 fully saturated rings. The van der Waals surface area contributed by atoms with Gasteiger partial charge in [0, 0.05) is 101 Å². The van der Waals surface area contributed by atoms with Crippen LogP contribution in [0.4, 0.5) is 5.69 Å². The summed E-state index contributed by atoms with van der Waals surface area (Å²) in [5.41, 5.74) is 12.1. The number of hydrogen-bond acceptors (Lipinski definition) is 13. The van der Waals surface area contributed by atoms with Crippen LogP contribution in [0.25, 0.3) is 27.9 Å². The van der Waals surface area contributed by atoms with Crippen LogP contribution in [0.2, 0.25) is 0 Å². The van der Waals surface area contributed by atoms with E-state index in [0.717, 1.165) is 108 Å². The molecule has 76 heavy (non-hydrogen) atoms. The summed E-state index contributed by atoms with van der Waals surface area (Å²) in [7, 11) is 7.69. The smallest absolute Gasteiger partial charge is 0.324 e. The van der Waals surface area contributed by atoms with E-state index in [0.29, 0.717) is 45.4 Å². The number of hydrogen-bond donors (Lipinski definition) is 2. The molecule has 7 heterocycles. The summed E-state index contributed by atoms with van der Waals surface area (Å²) < 4.78 is 20.9. The Morgan fingerprint density at radius 3 is 2.49 bits per heavy atom. The Kier molecular flexibility index (Phi) is 16.2. The number of anilines is 1. The first-order valence-corrected chi connectivity index (χ1v) is 28.8. The molecule has 17 heteroatoms. The molecule has 2 N–H and O–H groups in total. The number of piperazine rings is 1. The van der Waals surface area contributed by atoms with Crippen molar-refractivity contribution in [3.8, 4) is 11.3 Å². The van der Waals surface area contributed by atoms with Crippen LogP contribution >= 0.6 is 11.8 Å². The van der Waals surface area contributed by atoms with Crippen molar-refractivity contribution in [2.24, 2.45) is 11.3 Å². The van der Waals surface area contributed by atoms with Crippen LogP contribution in [0.1, 0.15) is 113 Å². The molecule has 6 bridgehead atoms. The molecule has 16 nitrogen and oxygen atoms in total. The van der Waals surface area contributed by atoms with Gasteiger partial charge in [0.1, 0.15) is 24.2 Å². The fourth-order valence-corrected chi connectivity index (χ4v) is 13.9. The Morgan fingerprint density at radius 1 is 0.987 bits per heavy atom. The summed E-state index contributed by atoms with van der Waals surface area (Å²) in [5.74, 6) is -1.53. The van der Waals surface area contributed by atoms with Gasteiger partial charge in [0.05, 0.1) is 47.1 Å². The number of esters is 1. The van der Waals surface area contributed by atoms with E-state index in [9.17, 15) is 9.59 Å². The first kappa shape index (κ1) is 53.9. The highest BCUT2D eigenvalue weighted by atomic mass is 32.2. The highest BCUT2D eigenvalue weighted by Gasteiger charge is 2.45. The van der Waals surface area contributed by atoms with Gasteiger partial charge in [0.15, 0.2) is 0 Å². The van der Waals surface area contributed by atoms with Crippen LogP contribution in [-0.2, 0) is 46.4 Å². The normalized spacial score (nSPS) is 25.6. The Balaban J connectivity index is 1.01. The van der Waals surface area contributed by atoms with Crippen LogP contribution in [0.15, 0.2) is 66.2 Å². The van der Waals surface area contributed by atoms with Crippen LogP contribution in [-0.4, -0.2) is 157 Å². The minimum Gasteiger partial charge on any atom is -0.464 e. The van der Waals surface area contributed by atoms with Gasteiger partial charge in [-0.3, -0.25) is 29.2 Å². The molecule has 3 saturated heterocycles. The monoisotopic (exact) mass is 1060 g/mol. The van der Waals surface area contributed by atoms with E-state index in [1.807, 2.05) is 36.5 Å². The topological polar surface area (TPSA) is 154 Å². The number of nitrogens with zero attached hydrogens (tertiary/aromatic N) is 7. The number of aryl methyl sites for hydroxylation is 1. The number of rotatable bonds is 11. The number of benzene rings is 2. The number of pyridine rings is 1. The van der Waals surface area contributed by atoms with Crippen molar-refractivity contribution in [2.75, 3.05) is 79.1 Å². The van der Waals surface area contributed by atoms with Crippen molar-refractivity contribution in [2.45, 2.75) is 134 Å². The Labute approximate surface area is 453 Å². The largest absolute Gasteiger partial charge is 0.464 e. The summed E-state index contributed by atoms with van der Waals surface area (Å²) in [4.78, 5) is 72.9. The maximum atomic E-state index is 15.1. The molecule has 10 rings (SSSR count). The third kappa shape index (κ3) is 10.9. The number of carbonyl (C=O) groups is 4. The second-order valence-electron chi connectivity index (χ2n) is 22.9. The van der Waals surface area contributed by atoms with Crippen molar-refractivity contribution in [3.05, 3.63) is 88.6 Å². The summed E-state index contributed by atoms with van der Waals surface area (Å²) in [6, 6.07) is 16.5. The molecule has 2 aromatic heterocycles. The van der Waals surface area contributed by atoms with Gasteiger partial charge in [-0.2, -0.15) is 0 Å². The molecule has 5 aliphatic heterocycles. The molecule has 408 valence electrons. The number of likely N-dealkylation sites (N-methyl/N-ethyl adjacent to an activating group) is 2. The molecular weight excluding hydrogens is 979 g/mol. The van der Waals surface area contributed by atoms with Gasteiger partial charge in [-0.25, -0.2) is 5.43 Å². The zero-order valence-electron chi connectivity index (χ0n) is 45.9. The number of amides is 3. The highest BCUT2D eigenvalue weighted by molar-refractivity contribution is 8.03. The molecule has 0 radical (unpaired) electrons. The molecule has 3 amide bonds. The number of cyclic esters (lactones) is 1. The molecule has 1 saturated carbocycles. The van der Waals surface area contributed by atoms with Gasteiger partial charge in [0.25, 0.3) is 11.8 Å². The average Bonchev–Trinajstić information content (AvgIpc) is 4.27. The van der Waals surface area contributed by atoms with E-state index in [4.69, 9.17) is 19.2 Å². The number of nitrogens with one attached hydrogen (secondary N) is 2. The average molecular weight is 1060 g/mol. The molecule has 0 unspecified atom stereocenters. The van der Waals surface area contributed by atoms with Crippen molar-refractivity contribution < 1.29 is 33.4 Å². The molecular formula is C59H79N9O7S. The highest BCUT2D eigenvalue weighted by Crippen LogP contribution is 2.45. The molecule has 4 aromatic rings. The number of fused-ring (bicyclic) bond motifs is 6. The number of ether oxygens (including phenoxy) is 3. The Morgan fingerprint density at radius 2 is 1.75 bits per heavy atom. The van der Waals surface area contributed by atoms with E-state index in [-0.39, 0.29) is 54.1 Å². The maximum Gasteiger partial charge on any atom is 0.324 e. The minimum atomic E-state index is -0.985. The standard InChI is InChI=1S/C59H79N9O7S/c1-9-67-48-22-21-40-30-43(48)45(53(67)44-31-41(34-60-51(44)37(2)73-8)66-27-25-63(5)26-28-66)33-59(3,4)36-75-58(72)46-20-15-24-68(62-46)56(70)47(32-50-64(6)49(40)35-76-50)61-55(69)52(39-18-13-14-19-39)65(7)57(71)54-42(23-29-74-54)38-16-11-10-12-17-38/h10-12,16-17,21-22,30-31,34-35,37,39,42,46-47,50,52,54,62H,9,13-15,18-20,23-29,32-33,36H2,1-8H3,(H,61,69)/t37-,42+,46-,47-,50+,52-,54+/m0/s1. The van der Waals surface area contributed by atoms with E-state index in [2.05, 4.69) is 101 Å². The molecule has 6 aliphatic rings. The Bertz CT molecular complexity index is 2810. The van der Waals surface area contributed by atoms with Crippen LogP contribution in [0.3, 0.4) is 0 Å². The molecule has 7 atom stereocenters. The third-order valence-electron chi connectivity index (χ3n) is 17.2. The predicted octanol–water partition coefficient (Wildman–Crippen LogP) is 7.57. The Hall–Kier alpha value is -5.46. The van der Waals surface area contributed by atoms with Gasteiger partial charge < -0.3 is 43.7 Å². The van der Waals surface area contributed by atoms with Crippen molar-refractivity contribution >= 4 is 57.7 Å². The molecule has 1 aliphatic carbocycles. The third-order valence-corrected chi connectivity index (χ3v) is 18.4. The lowest BCUT2D eigenvalue weighted by Gasteiger charge is -2.38. The van der Waals surface area contributed by atoms with Crippen LogP contribution in [0.5, 0.6) is 0 Å². The van der Waals surface area contributed by atoms with Gasteiger partial charge in [-0.1, -0.05) is 63.1 Å². The van der Waals surface area contributed by atoms with E-state index in [1.54, 1.807) is 30.8 Å². The van der Waals surface area contributed by atoms with E-state index in [1.165, 1.54) is 5.01 Å². The number of aromatic nitrogens is 2. The van der Waals surface area contributed by atoms with Crippen molar-refractivity contribution in [3.63, 3.8) is 0 Å². The van der Waals surface area contributed by atoms with Crippen molar-refractivity contribution in [1.29, 1.82) is 0 Å². The van der Waals surface area contributed by atoms with Crippen LogP contribution < -0.4 is 15.6 Å². The number of hydrazine groups is 1. The van der Waals surface area contributed by atoms with E-state index >= 15 is 9.59 Å². The zero-order chi connectivity index (χ0) is 53.4. The van der Waals surface area contributed by atoms with Gasteiger partial charge >= 0.3 is 5.97 Å². The van der Waals surface area contributed by atoms with Gasteiger partial charge in [-0.15, -0.1) is 11.8 Å². The van der Waals surface area contributed by atoms with Crippen molar-refractivity contribution in [1.82, 2.24) is 40.0 Å². The van der Waals surface area contributed by atoms with E-state index < -0.39 is 35.6 Å².